The molecule has 0 aliphatic heterocycles. The summed E-state index contributed by atoms with van der Waals surface area (Å²) in [5.41, 5.74) is 0.924. The molecule has 0 spiro atoms. The Morgan fingerprint density at radius 2 is 1.64 bits per heavy atom. The number of nitrogens with zero attached hydrogens (tertiary/aromatic N) is 2. The van der Waals surface area contributed by atoms with Gasteiger partial charge in [-0.15, -0.1) is 0 Å². The number of pyridine rings is 2. The lowest BCUT2D eigenvalue weighted by Crippen LogP contribution is -1.73. The van der Waals surface area contributed by atoms with Gasteiger partial charge in [-0.3, -0.25) is 9.97 Å². The van der Waals surface area contributed by atoms with Crippen molar-refractivity contribution in [1.82, 2.24) is 9.97 Å². The highest BCUT2D eigenvalue weighted by Crippen LogP contribution is 1.91. The predicted molar refractivity (Wildman–Crippen MR) is 58.6 cm³/mol. The van der Waals surface area contributed by atoms with E-state index in [-0.39, 0.29) is 0 Å². The van der Waals surface area contributed by atoms with Crippen LogP contribution in [-0.4, -0.2) is 9.97 Å². The maximum absolute atomic E-state index is 3.98. The second-order valence-electron chi connectivity index (χ2n) is 2.48. The summed E-state index contributed by atoms with van der Waals surface area (Å²) in [5, 5.41) is 0. The molecule has 0 aromatic carbocycles. The van der Waals surface area contributed by atoms with Gasteiger partial charge in [0.15, 0.2) is 0 Å². The summed E-state index contributed by atoms with van der Waals surface area (Å²) < 4.78 is 0. The van der Waals surface area contributed by atoms with Crippen molar-refractivity contribution in [1.29, 1.82) is 0 Å². The Kier molecular flexibility index (Phi) is 4.73. The molecule has 2 aromatic rings. The number of hydrogen-bond acceptors (Lipinski definition) is 2. The lowest BCUT2D eigenvalue weighted by atomic mass is 10.4. The van der Waals surface area contributed by atoms with E-state index in [4.69, 9.17) is 0 Å². The molecule has 0 bridgehead atoms. The van der Waals surface area contributed by atoms with Crippen LogP contribution in [-0.2, 0) is 0 Å². The van der Waals surface area contributed by atoms with Crippen LogP contribution in [0.1, 0.15) is 5.69 Å². The fraction of sp³-hybridized carbons (Fsp3) is 0. The quantitative estimate of drug-likeness (QED) is 0.681. The zero-order valence-corrected chi connectivity index (χ0v) is 7.88. The molecular weight excluding hydrogens is 172 g/mol. The largest absolute Gasteiger partial charge is 0.265 e. The van der Waals surface area contributed by atoms with Gasteiger partial charge in [-0.2, -0.15) is 0 Å². The highest BCUT2D eigenvalue weighted by molar-refractivity contribution is 5.40. The van der Waals surface area contributed by atoms with Crippen LogP contribution < -0.4 is 0 Å². The summed E-state index contributed by atoms with van der Waals surface area (Å²) >= 11 is 0. The van der Waals surface area contributed by atoms with Gasteiger partial charge in [0, 0.05) is 18.6 Å². The Morgan fingerprint density at radius 3 is 1.93 bits per heavy atom. The summed E-state index contributed by atoms with van der Waals surface area (Å²) in [5.74, 6) is 0. The maximum atomic E-state index is 3.98. The minimum atomic E-state index is 0.924. The van der Waals surface area contributed by atoms with Crippen LogP contribution >= 0.6 is 0 Å². The maximum Gasteiger partial charge on any atom is 0.0623 e. The van der Waals surface area contributed by atoms with Gasteiger partial charge in [-0.25, -0.2) is 0 Å². The second kappa shape index (κ2) is 6.54. The fourth-order valence-corrected chi connectivity index (χ4v) is 0.809. The third kappa shape index (κ3) is 4.16. The molecule has 0 amide bonds. The molecular formula is C12H12N2. The Labute approximate surface area is 84.0 Å². The Morgan fingerprint density at radius 1 is 0.929 bits per heavy atom. The summed E-state index contributed by atoms with van der Waals surface area (Å²) in [7, 11) is 0. The normalized spacial score (nSPS) is 8.29. The van der Waals surface area contributed by atoms with Crippen LogP contribution in [0.4, 0.5) is 0 Å². The van der Waals surface area contributed by atoms with E-state index in [9.17, 15) is 0 Å². The van der Waals surface area contributed by atoms with E-state index in [1.807, 2.05) is 36.4 Å². The predicted octanol–water partition coefficient (Wildman–Crippen LogP) is 2.81. The van der Waals surface area contributed by atoms with Crippen LogP contribution in [0.2, 0.25) is 0 Å². The summed E-state index contributed by atoms with van der Waals surface area (Å²) in [4.78, 5) is 7.76. The smallest absolute Gasteiger partial charge is 0.0623 e. The molecule has 0 fully saturated rings. The molecule has 70 valence electrons. The third-order valence-electron chi connectivity index (χ3n) is 1.46. The first kappa shape index (κ1) is 10.1. The minimum Gasteiger partial charge on any atom is -0.265 e. The average molecular weight is 184 g/mol. The van der Waals surface area contributed by atoms with Crippen LogP contribution in [0.15, 0.2) is 61.6 Å². The van der Waals surface area contributed by atoms with Gasteiger partial charge < -0.3 is 0 Å². The van der Waals surface area contributed by atoms with E-state index in [1.54, 1.807) is 24.7 Å². The fourth-order valence-electron chi connectivity index (χ4n) is 0.809. The topological polar surface area (TPSA) is 25.8 Å². The molecule has 2 rings (SSSR count). The molecule has 0 saturated heterocycles. The molecule has 0 radical (unpaired) electrons. The van der Waals surface area contributed by atoms with Gasteiger partial charge in [0.1, 0.15) is 0 Å². The van der Waals surface area contributed by atoms with E-state index in [0.717, 1.165) is 5.69 Å². The van der Waals surface area contributed by atoms with Crippen LogP contribution in [0.5, 0.6) is 0 Å². The minimum absolute atomic E-state index is 0.924. The zero-order valence-electron chi connectivity index (χ0n) is 7.88. The lowest BCUT2D eigenvalue weighted by Gasteiger charge is -1.84. The van der Waals surface area contributed by atoms with E-state index in [1.165, 1.54) is 0 Å². The Bertz CT molecular complexity index is 317. The van der Waals surface area contributed by atoms with Crippen LogP contribution in [0.3, 0.4) is 0 Å². The third-order valence-corrected chi connectivity index (χ3v) is 1.46. The van der Waals surface area contributed by atoms with Gasteiger partial charge in [-0.05, 0) is 30.3 Å². The molecule has 14 heavy (non-hydrogen) atoms. The average Bonchev–Trinajstić information content (AvgIpc) is 2.33. The first-order chi connectivity index (χ1) is 6.93. The molecule has 0 aliphatic carbocycles. The highest BCUT2D eigenvalue weighted by atomic mass is 14.6. The first-order valence-electron chi connectivity index (χ1n) is 4.32. The van der Waals surface area contributed by atoms with Crippen molar-refractivity contribution < 1.29 is 0 Å². The molecule has 0 atom stereocenters. The van der Waals surface area contributed by atoms with E-state index in [2.05, 4.69) is 16.5 Å². The van der Waals surface area contributed by atoms with Crippen molar-refractivity contribution >= 4 is 6.08 Å². The SMILES string of the molecule is C=Cc1ccccn1.c1ccncc1. The van der Waals surface area contributed by atoms with Crippen molar-refractivity contribution in [3.05, 3.63) is 67.3 Å². The van der Waals surface area contributed by atoms with Gasteiger partial charge in [0.25, 0.3) is 0 Å². The van der Waals surface area contributed by atoms with Crippen molar-refractivity contribution in [2.75, 3.05) is 0 Å². The summed E-state index contributed by atoms with van der Waals surface area (Å²) in [6, 6.07) is 11.4. The van der Waals surface area contributed by atoms with Crippen molar-refractivity contribution in [2.24, 2.45) is 0 Å². The van der Waals surface area contributed by atoms with Crippen molar-refractivity contribution in [2.45, 2.75) is 0 Å². The van der Waals surface area contributed by atoms with Crippen molar-refractivity contribution in [3.63, 3.8) is 0 Å². The van der Waals surface area contributed by atoms with Crippen LogP contribution in [0, 0.1) is 0 Å². The summed E-state index contributed by atoms with van der Waals surface area (Å²) in [6.07, 6.45) is 6.97. The highest BCUT2D eigenvalue weighted by Gasteiger charge is 1.77. The van der Waals surface area contributed by atoms with E-state index >= 15 is 0 Å². The number of rotatable bonds is 1. The standard InChI is InChI=1S/C7H7N.C5H5N/c1-2-7-5-3-4-6-8-7;1-2-4-6-5-3-1/h2-6H,1H2;1-5H. The lowest BCUT2D eigenvalue weighted by molar-refractivity contribution is 1.30. The zero-order chi connectivity index (χ0) is 10.1. The van der Waals surface area contributed by atoms with E-state index in [0.29, 0.717) is 0 Å². The second-order valence-corrected chi connectivity index (χ2v) is 2.48. The number of hydrogen-bond donors (Lipinski definition) is 0. The monoisotopic (exact) mass is 184 g/mol. The van der Waals surface area contributed by atoms with E-state index < -0.39 is 0 Å². The molecule has 0 aliphatic rings. The van der Waals surface area contributed by atoms with Gasteiger partial charge >= 0.3 is 0 Å². The first-order valence-corrected chi connectivity index (χ1v) is 4.32. The van der Waals surface area contributed by atoms with Crippen molar-refractivity contribution in [3.8, 4) is 0 Å². The molecule has 2 heterocycles. The summed E-state index contributed by atoms with van der Waals surface area (Å²) in [6.45, 7) is 3.57. The number of aromatic nitrogens is 2. The Balaban J connectivity index is 0.000000146. The molecule has 0 N–H and O–H groups in total. The molecule has 0 saturated carbocycles. The molecule has 0 unspecified atom stereocenters. The van der Waals surface area contributed by atoms with Gasteiger partial charge in [-0.1, -0.05) is 18.7 Å². The molecule has 2 heteroatoms. The van der Waals surface area contributed by atoms with Gasteiger partial charge in [0.2, 0.25) is 0 Å². The molecule has 2 aromatic heterocycles. The van der Waals surface area contributed by atoms with Crippen LogP contribution in [0.25, 0.3) is 6.08 Å². The Hall–Kier alpha value is -1.96. The molecule has 2 nitrogen and oxygen atoms in total. The van der Waals surface area contributed by atoms with Gasteiger partial charge in [0.05, 0.1) is 5.69 Å².